The SMILES string of the molecule is c1ccc(-c2c3ccccc3c(-c3ccc(-c4ccc5c(c4)oc4c5ccc5sc6ccccc6c54)cc3)c3ccccc23)cc1. The van der Waals surface area contributed by atoms with E-state index in [0.29, 0.717) is 0 Å². The van der Waals surface area contributed by atoms with Crippen molar-refractivity contribution in [1.82, 2.24) is 0 Å². The Labute approximate surface area is 269 Å². The summed E-state index contributed by atoms with van der Waals surface area (Å²) in [6.07, 6.45) is 0. The van der Waals surface area contributed by atoms with Crippen LogP contribution in [0.3, 0.4) is 0 Å². The third-order valence-electron chi connectivity index (χ3n) is 9.48. The summed E-state index contributed by atoms with van der Waals surface area (Å²) in [4.78, 5) is 0. The van der Waals surface area contributed by atoms with Gasteiger partial charge in [0.15, 0.2) is 0 Å². The monoisotopic (exact) mass is 602 g/mol. The summed E-state index contributed by atoms with van der Waals surface area (Å²) in [5.41, 5.74) is 9.25. The van der Waals surface area contributed by atoms with E-state index in [1.807, 2.05) is 11.3 Å². The maximum atomic E-state index is 6.64. The lowest BCUT2D eigenvalue weighted by atomic mass is 9.86. The van der Waals surface area contributed by atoms with Crippen molar-refractivity contribution in [1.29, 1.82) is 0 Å². The van der Waals surface area contributed by atoms with Crippen molar-refractivity contribution in [2.75, 3.05) is 0 Å². The molecule has 0 atom stereocenters. The molecule has 0 spiro atoms. The smallest absolute Gasteiger partial charge is 0.144 e. The number of hydrogen-bond acceptors (Lipinski definition) is 2. The maximum Gasteiger partial charge on any atom is 0.144 e. The average Bonchev–Trinajstić information content (AvgIpc) is 3.69. The Balaban J connectivity index is 1.12. The van der Waals surface area contributed by atoms with E-state index in [1.54, 1.807) is 0 Å². The molecule has 8 aromatic carbocycles. The van der Waals surface area contributed by atoms with Gasteiger partial charge in [0.05, 0.1) is 0 Å². The second-order valence-electron chi connectivity index (χ2n) is 12.0. The maximum absolute atomic E-state index is 6.64. The van der Waals surface area contributed by atoms with Gasteiger partial charge in [-0.1, -0.05) is 127 Å². The molecule has 0 unspecified atom stereocenters. The van der Waals surface area contributed by atoms with Crippen LogP contribution in [0.5, 0.6) is 0 Å². The van der Waals surface area contributed by atoms with Crippen LogP contribution in [0.25, 0.3) is 97.0 Å². The molecule has 0 aliphatic carbocycles. The summed E-state index contributed by atoms with van der Waals surface area (Å²) >= 11 is 1.83. The molecular weight excluding hydrogens is 577 g/mol. The van der Waals surface area contributed by atoms with Gasteiger partial charge in [-0.05, 0) is 85.3 Å². The molecule has 0 saturated heterocycles. The zero-order valence-electron chi connectivity index (χ0n) is 24.8. The standard InChI is InChI=1S/C44H26OS/c1-2-10-28(11-3-1)41-32-12-4-6-14-34(32)42(35-15-7-5-13-33(35)41)29-20-18-27(19-21-29)30-22-23-31-36-24-25-40-43(44(36)45-38(31)26-30)37-16-8-9-17-39(37)46-40/h1-26H. The van der Waals surface area contributed by atoms with E-state index in [0.717, 1.165) is 22.1 Å². The zero-order valence-corrected chi connectivity index (χ0v) is 25.6. The molecule has 46 heavy (non-hydrogen) atoms. The number of fused-ring (bicyclic) bond motifs is 9. The van der Waals surface area contributed by atoms with E-state index in [9.17, 15) is 0 Å². The fraction of sp³-hybridized carbons (Fsp3) is 0. The molecule has 0 bridgehead atoms. The Morgan fingerprint density at radius 3 is 1.54 bits per heavy atom. The fourth-order valence-electron chi connectivity index (χ4n) is 7.41. The summed E-state index contributed by atoms with van der Waals surface area (Å²) in [6.45, 7) is 0. The Morgan fingerprint density at radius 1 is 0.348 bits per heavy atom. The minimum atomic E-state index is 0.924. The highest BCUT2D eigenvalue weighted by atomic mass is 32.1. The van der Waals surface area contributed by atoms with E-state index in [2.05, 4.69) is 158 Å². The van der Waals surface area contributed by atoms with Crippen molar-refractivity contribution >= 4 is 75.0 Å². The number of hydrogen-bond donors (Lipinski definition) is 0. The van der Waals surface area contributed by atoms with Crippen LogP contribution in [0, 0.1) is 0 Å². The molecule has 0 aliphatic rings. The van der Waals surface area contributed by atoms with Gasteiger partial charge in [0.2, 0.25) is 0 Å². The first-order valence-electron chi connectivity index (χ1n) is 15.7. The lowest BCUT2D eigenvalue weighted by Crippen LogP contribution is -1.90. The molecule has 2 heteroatoms. The van der Waals surface area contributed by atoms with Crippen LogP contribution in [-0.4, -0.2) is 0 Å². The summed E-state index contributed by atoms with van der Waals surface area (Å²) in [5, 5.41) is 9.89. The molecule has 10 aromatic rings. The third-order valence-corrected chi connectivity index (χ3v) is 10.6. The van der Waals surface area contributed by atoms with Gasteiger partial charge in [0.25, 0.3) is 0 Å². The van der Waals surface area contributed by atoms with Crippen LogP contribution >= 0.6 is 11.3 Å². The summed E-state index contributed by atoms with van der Waals surface area (Å²) in [6, 6.07) is 57.2. The first-order chi connectivity index (χ1) is 22.8. The highest BCUT2D eigenvalue weighted by Gasteiger charge is 2.18. The molecule has 0 aliphatic heterocycles. The van der Waals surface area contributed by atoms with E-state index in [4.69, 9.17) is 4.42 Å². The second kappa shape index (κ2) is 9.90. The average molecular weight is 603 g/mol. The van der Waals surface area contributed by atoms with E-state index in [-0.39, 0.29) is 0 Å². The molecule has 2 aromatic heterocycles. The minimum Gasteiger partial charge on any atom is -0.455 e. The Kier molecular flexibility index (Phi) is 5.51. The van der Waals surface area contributed by atoms with Crippen LogP contribution in [0.1, 0.15) is 0 Å². The third kappa shape index (κ3) is 3.74. The number of benzene rings is 8. The summed E-state index contributed by atoms with van der Waals surface area (Å²) in [5.74, 6) is 0. The first-order valence-corrected chi connectivity index (χ1v) is 16.5. The molecule has 2 heterocycles. The van der Waals surface area contributed by atoms with Crippen LogP contribution in [-0.2, 0) is 0 Å². The lowest BCUT2D eigenvalue weighted by molar-refractivity contribution is 0.673. The quantitative estimate of drug-likeness (QED) is 0.183. The van der Waals surface area contributed by atoms with Crippen molar-refractivity contribution < 1.29 is 4.42 Å². The van der Waals surface area contributed by atoms with Gasteiger partial charge in [-0.3, -0.25) is 0 Å². The number of furan rings is 1. The molecule has 0 saturated carbocycles. The van der Waals surface area contributed by atoms with Gasteiger partial charge in [-0.15, -0.1) is 11.3 Å². The predicted molar refractivity (Wildman–Crippen MR) is 198 cm³/mol. The molecule has 0 radical (unpaired) electrons. The predicted octanol–water partition coefficient (Wildman–Crippen LogP) is 13.3. The van der Waals surface area contributed by atoms with Crippen LogP contribution < -0.4 is 0 Å². The lowest BCUT2D eigenvalue weighted by Gasteiger charge is -2.18. The van der Waals surface area contributed by atoms with Crippen molar-refractivity contribution in [3.8, 4) is 33.4 Å². The van der Waals surface area contributed by atoms with Gasteiger partial charge < -0.3 is 4.42 Å². The molecule has 10 rings (SSSR count). The normalized spacial score (nSPS) is 11.9. The highest BCUT2D eigenvalue weighted by Crippen LogP contribution is 2.45. The van der Waals surface area contributed by atoms with Gasteiger partial charge in [-0.25, -0.2) is 0 Å². The molecule has 0 fully saturated rings. The van der Waals surface area contributed by atoms with E-state index in [1.165, 1.54) is 74.9 Å². The van der Waals surface area contributed by atoms with Crippen LogP contribution in [0.4, 0.5) is 0 Å². The fourth-order valence-corrected chi connectivity index (χ4v) is 8.51. The molecule has 214 valence electrons. The van der Waals surface area contributed by atoms with Crippen molar-refractivity contribution in [2.24, 2.45) is 0 Å². The molecule has 0 N–H and O–H groups in total. The van der Waals surface area contributed by atoms with Gasteiger partial charge in [0, 0.05) is 30.9 Å². The van der Waals surface area contributed by atoms with Gasteiger partial charge in [-0.2, -0.15) is 0 Å². The summed E-state index contributed by atoms with van der Waals surface area (Å²) in [7, 11) is 0. The Hall–Kier alpha value is -5.70. The Bertz CT molecular complexity index is 2730. The zero-order chi connectivity index (χ0) is 30.2. The number of rotatable bonds is 3. The van der Waals surface area contributed by atoms with Crippen molar-refractivity contribution in [2.45, 2.75) is 0 Å². The molecule has 1 nitrogen and oxygen atoms in total. The van der Waals surface area contributed by atoms with Crippen LogP contribution in [0.15, 0.2) is 162 Å². The first kappa shape index (κ1) is 25.6. The van der Waals surface area contributed by atoms with Crippen molar-refractivity contribution in [3.05, 3.63) is 158 Å². The molecular formula is C44H26OS. The Morgan fingerprint density at radius 2 is 0.870 bits per heavy atom. The van der Waals surface area contributed by atoms with Crippen LogP contribution in [0.2, 0.25) is 0 Å². The van der Waals surface area contributed by atoms with Crippen molar-refractivity contribution in [3.63, 3.8) is 0 Å². The topological polar surface area (TPSA) is 13.1 Å². The van der Waals surface area contributed by atoms with E-state index < -0.39 is 0 Å². The summed E-state index contributed by atoms with van der Waals surface area (Å²) < 4.78 is 9.20. The van der Waals surface area contributed by atoms with Gasteiger partial charge in [0.1, 0.15) is 11.2 Å². The minimum absolute atomic E-state index is 0.924. The van der Waals surface area contributed by atoms with E-state index >= 15 is 0 Å². The van der Waals surface area contributed by atoms with Gasteiger partial charge >= 0.3 is 0 Å². The second-order valence-corrected chi connectivity index (χ2v) is 13.1. The highest BCUT2D eigenvalue weighted by molar-refractivity contribution is 7.26. The number of thiophene rings is 1. The largest absolute Gasteiger partial charge is 0.455 e. The molecule has 0 amide bonds.